The number of halogens is 3. The monoisotopic (exact) mass is 246 g/mol. The fraction of sp³-hybridized carbons (Fsp3) is 0.182. The van der Waals surface area contributed by atoms with Crippen LogP contribution < -0.4 is 0 Å². The van der Waals surface area contributed by atoms with Crippen LogP contribution in [0, 0.1) is 11.6 Å². The highest BCUT2D eigenvalue weighted by atomic mass is 35.5. The van der Waals surface area contributed by atoms with Crippen LogP contribution in [0.2, 0.25) is 0 Å². The van der Waals surface area contributed by atoms with Gasteiger partial charge in [0.25, 0.3) is 0 Å². The molecule has 0 spiro atoms. The Labute approximate surface area is 96.2 Å². The predicted molar refractivity (Wildman–Crippen MR) is 57.7 cm³/mol. The maximum atomic E-state index is 12.9. The zero-order valence-electron chi connectivity index (χ0n) is 8.21. The van der Waals surface area contributed by atoms with Crippen molar-refractivity contribution in [2.75, 3.05) is 5.88 Å². The first-order valence-corrected chi connectivity index (χ1v) is 5.04. The molecule has 1 rings (SSSR count). The second-order valence-electron chi connectivity index (χ2n) is 3.04. The van der Waals surface area contributed by atoms with Gasteiger partial charge in [0.1, 0.15) is 0 Å². The van der Waals surface area contributed by atoms with Gasteiger partial charge in [-0.1, -0.05) is 12.2 Å². The Hall–Kier alpha value is -1.42. The molecule has 0 radical (unpaired) electrons. The summed E-state index contributed by atoms with van der Waals surface area (Å²) < 4.78 is 25.7. The molecular weight excluding hydrogens is 238 g/mol. The Kier molecular flexibility index (Phi) is 4.43. The van der Waals surface area contributed by atoms with Crippen molar-refractivity contribution in [1.29, 1.82) is 0 Å². The lowest BCUT2D eigenvalue weighted by atomic mass is 10.1. The number of rotatable bonds is 4. The molecule has 16 heavy (non-hydrogen) atoms. The van der Waals surface area contributed by atoms with Crippen LogP contribution in [-0.2, 0) is 0 Å². The van der Waals surface area contributed by atoms with Gasteiger partial charge in [-0.2, -0.15) is 0 Å². The summed E-state index contributed by atoms with van der Waals surface area (Å²) in [7, 11) is 0. The van der Waals surface area contributed by atoms with Crippen molar-refractivity contribution in [2.45, 2.75) is 6.42 Å². The maximum absolute atomic E-state index is 12.9. The van der Waals surface area contributed by atoms with Crippen LogP contribution in [0.25, 0.3) is 6.08 Å². The highest BCUT2D eigenvalue weighted by Gasteiger charge is 2.13. The highest BCUT2D eigenvalue weighted by molar-refractivity contribution is 6.17. The molecule has 0 aliphatic heterocycles. The topological polar surface area (TPSA) is 37.3 Å². The van der Waals surface area contributed by atoms with Crippen LogP contribution in [0.4, 0.5) is 8.78 Å². The van der Waals surface area contributed by atoms with Crippen LogP contribution in [0.5, 0.6) is 0 Å². The van der Waals surface area contributed by atoms with Crippen LogP contribution >= 0.6 is 11.6 Å². The molecule has 0 fully saturated rings. The van der Waals surface area contributed by atoms with Gasteiger partial charge in [-0.05, 0) is 24.1 Å². The Bertz CT molecular complexity index is 430. The minimum Gasteiger partial charge on any atom is -0.478 e. The summed E-state index contributed by atoms with van der Waals surface area (Å²) in [6, 6.07) is 1.52. The molecule has 0 saturated heterocycles. The molecule has 0 atom stereocenters. The largest absolute Gasteiger partial charge is 0.478 e. The van der Waals surface area contributed by atoms with Crippen molar-refractivity contribution in [1.82, 2.24) is 0 Å². The first kappa shape index (κ1) is 12.6. The van der Waals surface area contributed by atoms with Gasteiger partial charge in [0.05, 0.1) is 5.56 Å². The zero-order valence-corrected chi connectivity index (χ0v) is 8.97. The second-order valence-corrected chi connectivity index (χ2v) is 3.42. The number of hydrogen-bond acceptors (Lipinski definition) is 1. The number of carboxylic acid groups (broad SMARTS) is 1. The first-order valence-electron chi connectivity index (χ1n) is 4.51. The third kappa shape index (κ3) is 3.03. The van der Waals surface area contributed by atoms with Gasteiger partial charge in [0, 0.05) is 5.88 Å². The summed E-state index contributed by atoms with van der Waals surface area (Å²) in [6.07, 6.45) is 3.54. The lowest BCUT2D eigenvalue weighted by Crippen LogP contribution is -2.02. The van der Waals surface area contributed by atoms with Gasteiger partial charge in [-0.15, -0.1) is 11.6 Å². The standard InChI is InChI=1S/C11H9ClF2O2/c12-4-2-1-3-7-5-9(13)10(14)6-8(7)11(15)16/h1,3,5-6H,2,4H2,(H,15,16). The van der Waals surface area contributed by atoms with E-state index in [4.69, 9.17) is 16.7 Å². The Morgan fingerprint density at radius 3 is 2.56 bits per heavy atom. The normalized spacial score (nSPS) is 10.9. The lowest BCUT2D eigenvalue weighted by Gasteiger charge is -2.02. The smallest absolute Gasteiger partial charge is 0.336 e. The third-order valence-electron chi connectivity index (χ3n) is 1.90. The molecule has 1 N–H and O–H groups in total. The summed E-state index contributed by atoms with van der Waals surface area (Å²) in [6.45, 7) is 0. The summed E-state index contributed by atoms with van der Waals surface area (Å²) in [5, 5.41) is 8.79. The molecule has 2 nitrogen and oxygen atoms in total. The summed E-state index contributed by atoms with van der Waals surface area (Å²) >= 11 is 5.42. The van der Waals surface area contributed by atoms with E-state index in [0.717, 1.165) is 6.07 Å². The first-order chi connectivity index (χ1) is 7.56. The Morgan fingerprint density at radius 2 is 2.00 bits per heavy atom. The van der Waals surface area contributed by atoms with E-state index in [9.17, 15) is 13.6 Å². The fourth-order valence-corrected chi connectivity index (χ4v) is 1.28. The molecule has 0 saturated carbocycles. The van der Waals surface area contributed by atoms with Crippen molar-refractivity contribution in [3.8, 4) is 0 Å². The SMILES string of the molecule is O=C(O)c1cc(F)c(F)cc1C=CCCCl. The highest BCUT2D eigenvalue weighted by Crippen LogP contribution is 2.17. The average Bonchev–Trinajstić information content (AvgIpc) is 2.23. The average molecular weight is 247 g/mol. The van der Waals surface area contributed by atoms with E-state index in [0.29, 0.717) is 18.4 Å². The molecule has 1 aromatic rings. The number of allylic oxidation sites excluding steroid dienone is 1. The molecule has 0 aliphatic rings. The molecule has 0 heterocycles. The fourth-order valence-electron chi connectivity index (χ4n) is 1.16. The van der Waals surface area contributed by atoms with Crippen molar-refractivity contribution >= 4 is 23.6 Å². The molecular formula is C11H9ClF2O2. The molecule has 1 aromatic carbocycles. The van der Waals surface area contributed by atoms with Gasteiger partial charge >= 0.3 is 5.97 Å². The number of hydrogen-bond donors (Lipinski definition) is 1. The molecule has 0 amide bonds. The molecule has 0 aliphatic carbocycles. The summed E-state index contributed by atoms with van der Waals surface area (Å²) in [5.41, 5.74) is -0.152. The van der Waals surface area contributed by atoms with Crippen molar-refractivity contribution < 1.29 is 18.7 Å². The van der Waals surface area contributed by atoms with Gasteiger partial charge in [0.15, 0.2) is 11.6 Å². The number of carboxylic acids is 1. The maximum Gasteiger partial charge on any atom is 0.336 e. The van der Waals surface area contributed by atoms with Gasteiger partial charge in [-0.25, -0.2) is 13.6 Å². The van der Waals surface area contributed by atoms with Gasteiger partial charge < -0.3 is 5.11 Å². The molecule has 0 aromatic heterocycles. The summed E-state index contributed by atoms with van der Waals surface area (Å²) in [5.74, 6) is -3.17. The lowest BCUT2D eigenvalue weighted by molar-refractivity contribution is 0.0696. The van der Waals surface area contributed by atoms with E-state index >= 15 is 0 Å². The van der Waals surface area contributed by atoms with E-state index in [1.807, 2.05) is 0 Å². The van der Waals surface area contributed by atoms with E-state index in [2.05, 4.69) is 0 Å². The predicted octanol–water partition coefficient (Wildman–Crippen LogP) is 3.31. The number of carbonyl (C=O) groups is 1. The molecule has 5 heteroatoms. The minimum atomic E-state index is -1.30. The molecule has 86 valence electrons. The van der Waals surface area contributed by atoms with Crippen LogP contribution in [0.15, 0.2) is 18.2 Å². The van der Waals surface area contributed by atoms with E-state index in [-0.39, 0.29) is 11.1 Å². The third-order valence-corrected chi connectivity index (χ3v) is 2.11. The Balaban J connectivity index is 3.14. The van der Waals surface area contributed by atoms with Gasteiger partial charge in [0.2, 0.25) is 0 Å². The number of alkyl halides is 1. The Morgan fingerprint density at radius 1 is 1.38 bits per heavy atom. The van der Waals surface area contributed by atoms with Crippen LogP contribution in [0.1, 0.15) is 22.3 Å². The van der Waals surface area contributed by atoms with E-state index in [1.54, 1.807) is 6.08 Å². The van der Waals surface area contributed by atoms with Crippen molar-refractivity contribution in [3.05, 3.63) is 41.0 Å². The minimum absolute atomic E-state index is 0.122. The number of aromatic carboxylic acids is 1. The number of benzene rings is 1. The zero-order chi connectivity index (χ0) is 12.1. The van der Waals surface area contributed by atoms with Crippen molar-refractivity contribution in [2.24, 2.45) is 0 Å². The molecule has 0 unspecified atom stereocenters. The van der Waals surface area contributed by atoms with Crippen LogP contribution in [0.3, 0.4) is 0 Å². The van der Waals surface area contributed by atoms with E-state index < -0.39 is 17.6 Å². The second kappa shape index (κ2) is 5.61. The summed E-state index contributed by atoms with van der Waals surface area (Å²) in [4.78, 5) is 10.8. The van der Waals surface area contributed by atoms with Crippen molar-refractivity contribution in [3.63, 3.8) is 0 Å². The van der Waals surface area contributed by atoms with E-state index in [1.165, 1.54) is 6.08 Å². The van der Waals surface area contributed by atoms with Gasteiger partial charge in [-0.3, -0.25) is 0 Å². The van der Waals surface area contributed by atoms with Crippen LogP contribution in [-0.4, -0.2) is 17.0 Å². The quantitative estimate of drug-likeness (QED) is 0.828. The molecule has 0 bridgehead atoms.